The maximum atomic E-state index is 12.4. The van der Waals surface area contributed by atoms with E-state index in [1.807, 2.05) is 4.90 Å². The van der Waals surface area contributed by atoms with Gasteiger partial charge in [-0.05, 0) is 37.2 Å². The number of carbonyl (C=O) groups excluding carboxylic acids is 2. The van der Waals surface area contributed by atoms with Crippen molar-refractivity contribution in [3.05, 3.63) is 34.4 Å². The third-order valence-electron chi connectivity index (χ3n) is 6.65. The lowest BCUT2D eigenvalue weighted by Crippen LogP contribution is -2.45. The molecule has 1 aliphatic carbocycles. The molecular weight excluding hydrogens is 386 g/mol. The monoisotopic (exact) mass is 417 g/mol. The first-order valence-electron chi connectivity index (χ1n) is 10.8. The molecule has 0 unspecified atom stereocenters. The van der Waals surface area contributed by atoms with E-state index in [1.54, 1.807) is 18.2 Å². The molecule has 1 saturated carbocycles. The first kappa shape index (κ1) is 22.1. The van der Waals surface area contributed by atoms with Crippen molar-refractivity contribution >= 4 is 23.3 Å². The van der Waals surface area contributed by atoms with Gasteiger partial charge in [-0.2, -0.15) is 0 Å². The van der Waals surface area contributed by atoms with E-state index in [4.69, 9.17) is 4.74 Å². The number of esters is 1. The Balaban J connectivity index is 1.44. The predicted octanol–water partition coefficient (Wildman–Crippen LogP) is 3.30. The number of rotatable bonds is 6. The zero-order valence-corrected chi connectivity index (χ0v) is 17.7. The summed E-state index contributed by atoms with van der Waals surface area (Å²) in [5, 5.41) is 14.2. The molecule has 0 aromatic heterocycles. The zero-order chi connectivity index (χ0) is 21.7. The van der Waals surface area contributed by atoms with E-state index < -0.39 is 0 Å². The lowest BCUT2D eigenvalue weighted by molar-refractivity contribution is -0.384. The molecule has 1 aliphatic heterocycles. The van der Waals surface area contributed by atoms with Crippen LogP contribution in [0.4, 0.5) is 11.4 Å². The minimum Gasteiger partial charge on any atom is -0.455 e. The lowest BCUT2D eigenvalue weighted by atomic mass is 9.78. The molecule has 1 aromatic carbocycles. The third kappa shape index (κ3) is 5.29. The molecule has 3 atom stereocenters. The highest BCUT2D eigenvalue weighted by atomic mass is 16.6. The second-order valence-corrected chi connectivity index (χ2v) is 8.56. The number of carbonyl (C=O) groups is 2. The number of piperidine rings is 1. The van der Waals surface area contributed by atoms with E-state index in [0.29, 0.717) is 43.5 Å². The summed E-state index contributed by atoms with van der Waals surface area (Å²) < 4.78 is 5.27. The molecule has 1 aromatic rings. The molecule has 0 radical (unpaired) electrons. The van der Waals surface area contributed by atoms with Gasteiger partial charge in [-0.1, -0.05) is 38.8 Å². The van der Waals surface area contributed by atoms with Crippen LogP contribution in [-0.4, -0.2) is 42.5 Å². The minimum absolute atomic E-state index is 0.0708. The van der Waals surface area contributed by atoms with E-state index in [2.05, 4.69) is 19.2 Å². The van der Waals surface area contributed by atoms with Gasteiger partial charge in [0.1, 0.15) is 5.69 Å². The SMILES string of the molecule is C[C@@H]1[C@H](C)CCC[C@@H]1NC(=O)COC(=O)C1CCN(c2ccccc2[N+](=O)[O-])CC1. The van der Waals surface area contributed by atoms with Crippen molar-refractivity contribution in [2.24, 2.45) is 17.8 Å². The number of anilines is 1. The summed E-state index contributed by atoms with van der Waals surface area (Å²) in [5.41, 5.74) is 0.644. The lowest BCUT2D eigenvalue weighted by Gasteiger charge is -2.34. The number of amides is 1. The van der Waals surface area contributed by atoms with Gasteiger partial charge in [0.2, 0.25) is 0 Å². The van der Waals surface area contributed by atoms with Crippen LogP contribution in [0.3, 0.4) is 0 Å². The van der Waals surface area contributed by atoms with Crippen LogP contribution >= 0.6 is 0 Å². The first-order chi connectivity index (χ1) is 14.4. The van der Waals surface area contributed by atoms with E-state index >= 15 is 0 Å². The van der Waals surface area contributed by atoms with Gasteiger partial charge in [-0.3, -0.25) is 19.7 Å². The molecule has 3 rings (SSSR count). The molecule has 8 heteroatoms. The summed E-state index contributed by atoms with van der Waals surface area (Å²) in [6.45, 7) is 5.19. The summed E-state index contributed by atoms with van der Waals surface area (Å²) in [7, 11) is 0. The second-order valence-electron chi connectivity index (χ2n) is 8.56. The number of hydrogen-bond donors (Lipinski definition) is 1. The van der Waals surface area contributed by atoms with E-state index in [0.717, 1.165) is 12.8 Å². The van der Waals surface area contributed by atoms with E-state index in [-0.39, 0.29) is 41.1 Å². The Hall–Kier alpha value is -2.64. The van der Waals surface area contributed by atoms with Gasteiger partial charge >= 0.3 is 5.97 Å². The molecule has 30 heavy (non-hydrogen) atoms. The second kappa shape index (κ2) is 9.91. The average molecular weight is 418 g/mol. The highest BCUT2D eigenvalue weighted by Gasteiger charge is 2.31. The van der Waals surface area contributed by atoms with E-state index in [1.165, 1.54) is 12.5 Å². The Morgan fingerprint density at radius 3 is 2.57 bits per heavy atom. The maximum absolute atomic E-state index is 12.4. The summed E-state index contributed by atoms with van der Waals surface area (Å²) in [4.78, 5) is 37.4. The van der Waals surface area contributed by atoms with Crippen LogP contribution in [0.15, 0.2) is 24.3 Å². The number of hydrogen-bond acceptors (Lipinski definition) is 6. The van der Waals surface area contributed by atoms with Crippen LogP contribution in [0.25, 0.3) is 0 Å². The Morgan fingerprint density at radius 2 is 1.87 bits per heavy atom. The number of para-hydroxylation sites is 2. The maximum Gasteiger partial charge on any atom is 0.309 e. The van der Waals surface area contributed by atoms with Crippen molar-refractivity contribution in [3.63, 3.8) is 0 Å². The molecular formula is C22H31N3O5. The fourth-order valence-corrected chi connectivity index (χ4v) is 4.53. The van der Waals surface area contributed by atoms with Gasteiger partial charge in [0.25, 0.3) is 11.6 Å². The van der Waals surface area contributed by atoms with Gasteiger partial charge in [-0.25, -0.2) is 0 Å². The topological polar surface area (TPSA) is 102 Å². The van der Waals surface area contributed by atoms with Crippen LogP contribution in [0, 0.1) is 27.9 Å². The molecule has 1 amide bonds. The van der Waals surface area contributed by atoms with E-state index in [9.17, 15) is 19.7 Å². The van der Waals surface area contributed by atoms with Crippen LogP contribution in [0.2, 0.25) is 0 Å². The van der Waals surface area contributed by atoms with Crippen LogP contribution in [-0.2, 0) is 14.3 Å². The van der Waals surface area contributed by atoms with Crippen molar-refractivity contribution in [1.82, 2.24) is 5.32 Å². The van der Waals surface area contributed by atoms with Crippen LogP contribution < -0.4 is 10.2 Å². The standard InChI is InChI=1S/C22H31N3O5/c1-15-6-5-7-18(16(15)2)23-21(26)14-30-22(27)17-10-12-24(13-11-17)19-8-3-4-9-20(19)25(28)29/h3-4,8-9,15-18H,5-7,10-14H2,1-2H3,(H,23,26)/t15-,16-,18+/m1/s1. The van der Waals surface area contributed by atoms with Gasteiger partial charge in [0, 0.05) is 25.2 Å². The molecule has 164 valence electrons. The molecule has 2 aliphatic rings. The Morgan fingerprint density at radius 1 is 1.17 bits per heavy atom. The smallest absolute Gasteiger partial charge is 0.309 e. The fraction of sp³-hybridized carbons (Fsp3) is 0.636. The summed E-state index contributed by atoms with van der Waals surface area (Å²) in [5.74, 6) is 0.108. The Labute approximate surface area is 177 Å². The molecule has 0 spiro atoms. The number of nitro benzene ring substituents is 1. The fourth-order valence-electron chi connectivity index (χ4n) is 4.53. The first-order valence-corrected chi connectivity index (χ1v) is 10.8. The van der Waals surface area contributed by atoms with Gasteiger partial charge in [0.05, 0.1) is 10.8 Å². The van der Waals surface area contributed by atoms with Crippen molar-refractivity contribution in [2.75, 3.05) is 24.6 Å². The van der Waals surface area contributed by atoms with Crippen molar-refractivity contribution in [1.29, 1.82) is 0 Å². The molecule has 1 N–H and O–H groups in total. The van der Waals surface area contributed by atoms with Crippen LogP contribution in [0.5, 0.6) is 0 Å². The molecule has 2 fully saturated rings. The van der Waals surface area contributed by atoms with Crippen molar-refractivity contribution in [3.8, 4) is 0 Å². The molecule has 1 heterocycles. The van der Waals surface area contributed by atoms with Gasteiger partial charge < -0.3 is 15.0 Å². The average Bonchev–Trinajstić information content (AvgIpc) is 2.75. The normalized spacial score (nSPS) is 24.9. The number of nitrogens with one attached hydrogen (secondary N) is 1. The molecule has 1 saturated heterocycles. The van der Waals surface area contributed by atoms with Crippen molar-refractivity contribution in [2.45, 2.75) is 52.0 Å². The minimum atomic E-state index is -0.387. The largest absolute Gasteiger partial charge is 0.455 e. The van der Waals surface area contributed by atoms with Crippen LogP contribution in [0.1, 0.15) is 46.0 Å². The number of nitro groups is 1. The summed E-state index contributed by atoms with van der Waals surface area (Å²) in [6, 6.07) is 6.78. The third-order valence-corrected chi connectivity index (χ3v) is 6.65. The predicted molar refractivity (Wildman–Crippen MR) is 113 cm³/mol. The Kier molecular flexibility index (Phi) is 7.29. The zero-order valence-electron chi connectivity index (χ0n) is 17.7. The number of ether oxygens (including phenoxy) is 1. The van der Waals surface area contributed by atoms with Gasteiger partial charge in [-0.15, -0.1) is 0 Å². The number of benzene rings is 1. The van der Waals surface area contributed by atoms with Gasteiger partial charge in [0.15, 0.2) is 6.61 Å². The highest BCUT2D eigenvalue weighted by molar-refractivity contribution is 5.81. The quantitative estimate of drug-likeness (QED) is 0.433. The number of nitrogens with zero attached hydrogens (tertiary/aromatic N) is 2. The Bertz CT molecular complexity index is 776. The summed E-state index contributed by atoms with van der Waals surface area (Å²) in [6.07, 6.45) is 4.35. The molecule has 8 nitrogen and oxygen atoms in total. The summed E-state index contributed by atoms with van der Waals surface area (Å²) >= 11 is 0. The highest BCUT2D eigenvalue weighted by Crippen LogP contribution is 2.32. The van der Waals surface area contributed by atoms with Crippen molar-refractivity contribution < 1.29 is 19.2 Å². The molecule has 0 bridgehead atoms.